The SMILES string of the molecule is CC(C)=CC(=O)NCc1cc(-c2nn(CC(O)CN3CCC(N(C)C)CC3)c3c2CN(S(C)(=O)=O)CC3)ccc1C(F)(F)F. The van der Waals surface area contributed by atoms with Crippen molar-refractivity contribution in [2.75, 3.05) is 46.5 Å². The summed E-state index contributed by atoms with van der Waals surface area (Å²) in [4.78, 5) is 16.6. The lowest BCUT2D eigenvalue weighted by molar-refractivity contribution is -0.138. The number of amides is 1. The Morgan fingerprint density at radius 3 is 2.45 bits per heavy atom. The number of carbonyl (C=O) groups excluding carboxylic acids is 1. The summed E-state index contributed by atoms with van der Waals surface area (Å²) in [6.07, 6.45) is -0.596. The van der Waals surface area contributed by atoms with Crippen molar-refractivity contribution in [2.24, 2.45) is 0 Å². The third-order valence-electron chi connectivity index (χ3n) is 8.26. The molecule has 4 rings (SSSR count). The van der Waals surface area contributed by atoms with Crippen molar-refractivity contribution in [3.63, 3.8) is 0 Å². The number of sulfonamides is 1. The van der Waals surface area contributed by atoms with E-state index < -0.39 is 33.8 Å². The van der Waals surface area contributed by atoms with Gasteiger partial charge in [-0.3, -0.25) is 9.48 Å². The number of likely N-dealkylation sites (tertiary alicyclic amines) is 1. The number of rotatable bonds is 10. The molecular weight excluding hydrogens is 597 g/mol. The van der Waals surface area contributed by atoms with Crippen LogP contribution in [0.3, 0.4) is 0 Å². The summed E-state index contributed by atoms with van der Waals surface area (Å²) in [6.45, 7) is 5.68. The fourth-order valence-corrected chi connectivity index (χ4v) is 6.75. The highest BCUT2D eigenvalue weighted by molar-refractivity contribution is 7.88. The first-order chi connectivity index (χ1) is 20.5. The van der Waals surface area contributed by atoms with E-state index in [1.54, 1.807) is 18.5 Å². The number of aliphatic hydroxyl groups excluding tert-OH is 1. The van der Waals surface area contributed by atoms with Crippen LogP contribution in [0.4, 0.5) is 13.2 Å². The van der Waals surface area contributed by atoms with Crippen LogP contribution in [0, 0.1) is 0 Å². The number of nitrogens with one attached hydrogen (secondary N) is 1. The minimum atomic E-state index is -4.65. The van der Waals surface area contributed by atoms with Gasteiger partial charge in [0.2, 0.25) is 15.9 Å². The summed E-state index contributed by atoms with van der Waals surface area (Å²) in [7, 11) is 0.598. The van der Waals surface area contributed by atoms with Crippen LogP contribution >= 0.6 is 0 Å². The second kappa shape index (κ2) is 13.7. The molecule has 244 valence electrons. The van der Waals surface area contributed by atoms with E-state index in [0.29, 0.717) is 41.4 Å². The van der Waals surface area contributed by atoms with Gasteiger partial charge in [-0.05, 0) is 71.6 Å². The molecule has 10 nitrogen and oxygen atoms in total. The van der Waals surface area contributed by atoms with Crippen LogP contribution in [0.25, 0.3) is 11.3 Å². The Hall–Kier alpha value is -2.78. The van der Waals surface area contributed by atoms with Crippen molar-refractivity contribution in [3.8, 4) is 11.3 Å². The molecule has 14 heteroatoms. The van der Waals surface area contributed by atoms with Gasteiger partial charge in [-0.1, -0.05) is 11.6 Å². The van der Waals surface area contributed by atoms with Gasteiger partial charge in [0.15, 0.2) is 0 Å². The highest BCUT2D eigenvalue weighted by Gasteiger charge is 2.35. The first-order valence-corrected chi connectivity index (χ1v) is 16.6. The van der Waals surface area contributed by atoms with Gasteiger partial charge in [-0.15, -0.1) is 0 Å². The number of alkyl halides is 3. The molecule has 2 aliphatic rings. The Morgan fingerprint density at radius 1 is 1.18 bits per heavy atom. The number of piperidine rings is 1. The lowest BCUT2D eigenvalue weighted by atomic mass is 9.97. The molecule has 0 saturated carbocycles. The van der Waals surface area contributed by atoms with E-state index in [2.05, 4.69) is 29.2 Å². The molecule has 1 saturated heterocycles. The average Bonchev–Trinajstić information content (AvgIpc) is 3.28. The smallest absolute Gasteiger partial charge is 0.390 e. The third-order valence-corrected chi connectivity index (χ3v) is 9.51. The summed E-state index contributed by atoms with van der Waals surface area (Å²) in [6, 6.07) is 4.15. The van der Waals surface area contributed by atoms with Gasteiger partial charge >= 0.3 is 6.18 Å². The first-order valence-electron chi connectivity index (χ1n) is 14.8. The quantitative estimate of drug-likeness (QED) is 0.385. The number of nitrogens with zero attached hydrogens (tertiary/aromatic N) is 5. The van der Waals surface area contributed by atoms with Crippen molar-refractivity contribution in [1.82, 2.24) is 29.2 Å². The van der Waals surface area contributed by atoms with Crippen LogP contribution in [-0.4, -0.2) is 102 Å². The van der Waals surface area contributed by atoms with E-state index in [-0.39, 0.29) is 31.7 Å². The molecule has 2 N–H and O–H groups in total. The third kappa shape index (κ3) is 8.47. The topological polar surface area (TPSA) is 111 Å². The number of hydrogen-bond acceptors (Lipinski definition) is 7. The molecule has 1 unspecified atom stereocenters. The Labute approximate surface area is 257 Å². The minimum absolute atomic E-state index is 0.0192. The van der Waals surface area contributed by atoms with Gasteiger partial charge in [-0.25, -0.2) is 8.42 Å². The van der Waals surface area contributed by atoms with Crippen molar-refractivity contribution in [1.29, 1.82) is 0 Å². The molecule has 2 aromatic rings. The second-order valence-corrected chi connectivity index (χ2v) is 14.2. The highest BCUT2D eigenvalue weighted by atomic mass is 32.2. The maximum atomic E-state index is 13.9. The minimum Gasteiger partial charge on any atom is -0.390 e. The van der Waals surface area contributed by atoms with Crippen LogP contribution in [-0.2, 0) is 47.0 Å². The number of benzene rings is 1. The summed E-state index contributed by atoms with van der Waals surface area (Å²) < 4.78 is 69.6. The number of β-amino-alcohol motifs (C(OH)–C–C–N with tert-alkyl or cyclic N) is 1. The standard InChI is InChI=1S/C30H43F3N6O4S/c1-20(2)14-28(41)34-16-22-15-21(6-7-26(22)30(31,32)33)29-25-19-38(44(5,42)43)13-10-27(25)39(35-29)18-24(40)17-37-11-8-23(9-12-37)36(3)4/h6-7,14-15,23-24,40H,8-13,16-19H2,1-5H3,(H,34,41). The number of hydrogen-bond donors (Lipinski definition) is 2. The zero-order valence-electron chi connectivity index (χ0n) is 26.0. The number of carbonyl (C=O) groups is 1. The fraction of sp³-hybridized carbons (Fsp3) is 0.600. The predicted octanol–water partition coefficient (Wildman–Crippen LogP) is 2.86. The van der Waals surface area contributed by atoms with Crippen molar-refractivity contribution < 1.29 is 31.5 Å². The Kier molecular flexibility index (Phi) is 10.6. The van der Waals surface area contributed by atoms with Crippen molar-refractivity contribution in [2.45, 2.75) is 71.1 Å². The van der Waals surface area contributed by atoms with Gasteiger partial charge < -0.3 is 20.2 Å². The molecule has 1 aromatic carbocycles. The summed E-state index contributed by atoms with van der Waals surface area (Å²) in [5.74, 6) is -0.506. The molecule has 0 bridgehead atoms. The number of aromatic nitrogens is 2. The average molecular weight is 641 g/mol. The molecule has 1 fully saturated rings. The lowest BCUT2D eigenvalue weighted by Crippen LogP contribution is -2.45. The van der Waals surface area contributed by atoms with Crippen LogP contribution in [0.15, 0.2) is 29.8 Å². The number of halogens is 3. The second-order valence-electron chi connectivity index (χ2n) is 12.3. The van der Waals surface area contributed by atoms with Gasteiger partial charge in [0, 0.05) is 61.5 Å². The molecule has 1 atom stereocenters. The fourth-order valence-electron chi connectivity index (χ4n) is 5.97. The van der Waals surface area contributed by atoms with E-state index in [1.807, 2.05) is 0 Å². The zero-order valence-corrected chi connectivity index (χ0v) is 26.8. The van der Waals surface area contributed by atoms with Gasteiger partial charge in [0.05, 0.1) is 30.2 Å². The largest absolute Gasteiger partial charge is 0.416 e. The molecule has 0 spiro atoms. The normalized spacial score (nSPS) is 17.9. The van der Waals surface area contributed by atoms with E-state index in [9.17, 15) is 31.5 Å². The van der Waals surface area contributed by atoms with Crippen LogP contribution in [0.2, 0.25) is 0 Å². The summed E-state index contributed by atoms with van der Waals surface area (Å²) in [5, 5.41) is 18.3. The van der Waals surface area contributed by atoms with E-state index in [4.69, 9.17) is 5.10 Å². The van der Waals surface area contributed by atoms with Crippen LogP contribution in [0.5, 0.6) is 0 Å². The maximum Gasteiger partial charge on any atom is 0.416 e. The van der Waals surface area contributed by atoms with E-state index >= 15 is 0 Å². The Bertz CT molecular complexity index is 1480. The Morgan fingerprint density at radius 2 is 1.86 bits per heavy atom. The van der Waals surface area contributed by atoms with Gasteiger partial charge in [0.25, 0.3) is 0 Å². The van der Waals surface area contributed by atoms with E-state index in [1.165, 1.54) is 22.5 Å². The summed E-state index contributed by atoms with van der Waals surface area (Å²) in [5.41, 5.74) is 1.78. The van der Waals surface area contributed by atoms with Gasteiger partial charge in [-0.2, -0.15) is 22.6 Å². The maximum absolute atomic E-state index is 13.9. The highest BCUT2D eigenvalue weighted by Crippen LogP contribution is 2.37. The van der Waals surface area contributed by atoms with Crippen LogP contribution in [0.1, 0.15) is 49.1 Å². The summed E-state index contributed by atoms with van der Waals surface area (Å²) >= 11 is 0. The Balaban J connectivity index is 1.65. The number of allylic oxidation sites excluding steroid dienone is 1. The van der Waals surface area contributed by atoms with Crippen molar-refractivity contribution >= 4 is 15.9 Å². The molecule has 1 aromatic heterocycles. The van der Waals surface area contributed by atoms with Crippen molar-refractivity contribution in [3.05, 3.63) is 52.2 Å². The molecule has 0 aliphatic carbocycles. The molecule has 3 heterocycles. The molecular formula is C30H43F3N6O4S. The van der Waals surface area contributed by atoms with Gasteiger partial charge in [0.1, 0.15) is 0 Å². The first kappa shape index (κ1) is 34.1. The zero-order chi connectivity index (χ0) is 32.4. The number of fused-ring (bicyclic) bond motifs is 1. The lowest BCUT2D eigenvalue weighted by Gasteiger charge is -2.36. The van der Waals surface area contributed by atoms with Crippen LogP contribution < -0.4 is 5.32 Å². The number of aliphatic hydroxyl groups is 1. The van der Waals surface area contributed by atoms with E-state index in [0.717, 1.165) is 43.9 Å². The molecule has 0 radical (unpaired) electrons. The molecule has 1 amide bonds. The molecule has 44 heavy (non-hydrogen) atoms. The predicted molar refractivity (Wildman–Crippen MR) is 162 cm³/mol. The molecule has 2 aliphatic heterocycles. The monoisotopic (exact) mass is 640 g/mol.